The maximum Gasteiger partial charge on any atom is 0.264 e. The summed E-state index contributed by atoms with van der Waals surface area (Å²) < 4.78 is 26.3. The summed E-state index contributed by atoms with van der Waals surface area (Å²) in [5.74, 6) is 0.134. The Bertz CT molecular complexity index is 513. The number of aromatic amines is 1. The van der Waals surface area contributed by atoms with Gasteiger partial charge in [-0.3, -0.25) is 9.52 Å². The fourth-order valence-electron chi connectivity index (χ4n) is 1.72. The van der Waals surface area contributed by atoms with E-state index in [1.54, 1.807) is 0 Å². The van der Waals surface area contributed by atoms with Crippen LogP contribution in [0, 0.1) is 0 Å². The minimum atomic E-state index is -3.45. The first-order valence-corrected chi connectivity index (χ1v) is 6.91. The Balaban J connectivity index is 2.11. The summed E-state index contributed by atoms with van der Waals surface area (Å²) in [7, 11) is -3.45. The van der Waals surface area contributed by atoms with Crippen LogP contribution >= 0.6 is 0 Å². The van der Waals surface area contributed by atoms with E-state index in [-0.39, 0.29) is 11.4 Å². The molecule has 0 aliphatic carbocycles. The first-order valence-electron chi connectivity index (χ1n) is 5.36. The van der Waals surface area contributed by atoms with Crippen LogP contribution in [0.25, 0.3) is 0 Å². The van der Waals surface area contributed by atoms with Crippen LogP contribution in [0.2, 0.25) is 0 Å². The Morgan fingerprint density at radius 2 is 2.24 bits per heavy atom. The van der Waals surface area contributed by atoms with E-state index in [4.69, 9.17) is 0 Å². The molecule has 1 unspecified atom stereocenters. The number of anilines is 1. The number of piperidine rings is 1. The molecule has 1 aromatic rings. The van der Waals surface area contributed by atoms with Crippen LogP contribution in [0.5, 0.6) is 0 Å². The lowest BCUT2D eigenvalue weighted by Crippen LogP contribution is -2.41. The Morgan fingerprint density at radius 1 is 1.41 bits per heavy atom. The van der Waals surface area contributed by atoms with Crippen molar-refractivity contribution >= 4 is 15.8 Å². The Kier molecular flexibility index (Phi) is 3.43. The maximum absolute atomic E-state index is 12.0. The van der Waals surface area contributed by atoms with E-state index in [0.29, 0.717) is 13.0 Å². The SMILES string of the molecule is O=c1ccc(NS(=O)(=O)C2CCCNC2)n[nH]1. The topological polar surface area (TPSA) is 104 Å². The Labute approximate surface area is 98.7 Å². The van der Waals surface area contributed by atoms with Gasteiger partial charge in [-0.05, 0) is 25.5 Å². The summed E-state index contributed by atoms with van der Waals surface area (Å²) in [5.41, 5.74) is -0.368. The molecule has 1 atom stereocenters. The lowest BCUT2D eigenvalue weighted by Gasteiger charge is -2.22. The average Bonchev–Trinajstić information content (AvgIpc) is 2.33. The van der Waals surface area contributed by atoms with Gasteiger partial charge < -0.3 is 5.32 Å². The summed E-state index contributed by atoms with van der Waals surface area (Å²) in [4.78, 5) is 10.8. The van der Waals surface area contributed by atoms with Crippen LogP contribution in [-0.2, 0) is 10.0 Å². The fraction of sp³-hybridized carbons (Fsp3) is 0.556. The van der Waals surface area contributed by atoms with E-state index in [1.807, 2.05) is 0 Å². The van der Waals surface area contributed by atoms with E-state index >= 15 is 0 Å². The van der Waals surface area contributed by atoms with Crippen LogP contribution in [-0.4, -0.2) is 37.0 Å². The molecule has 0 bridgehead atoms. The van der Waals surface area contributed by atoms with Crippen molar-refractivity contribution < 1.29 is 8.42 Å². The molecule has 0 amide bonds. The van der Waals surface area contributed by atoms with Gasteiger partial charge in [0.2, 0.25) is 10.0 Å². The lowest BCUT2D eigenvalue weighted by molar-refractivity contribution is 0.499. The summed E-state index contributed by atoms with van der Waals surface area (Å²) in [5, 5.41) is 8.37. The third-order valence-electron chi connectivity index (χ3n) is 2.62. The smallest absolute Gasteiger partial charge is 0.264 e. The fourth-order valence-corrected chi connectivity index (χ4v) is 3.10. The van der Waals surface area contributed by atoms with Gasteiger partial charge >= 0.3 is 0 Å². The number of hydrogen-bond donors (Lipinski definition) is 3. The molecule has 2 rings (SSSR count). The van der Waals surface area contributed by atoms with E-state index in [2.05, 4.69) is 20.2 Å². The molecule has 1 fully saturated rings. The number of rotatable bonds is 3. The quantitative estimate of drug-likeness (QED) is 0.662. The second kappa shape index (κ2) is 4.84. The second-order valence-corrected chi connectivity index (χ2v) is 5.88. The molecule has 7 nitrogen and oxygen atoms in total. The van der Waals surface area contributed by atoms with Crippen molar-refractivity contribution in [2.24, 2.45) is 0 Å². The molecule has 0 saturated carbocycles. The molecule has 17 heavy (non-hydrogen) atoms. The first kappa shape index (κ1) is 12.1. The third kappa shape index (κ3) is 3.04. The van der Waals surface area contributed by atoms with Gasteiger partial charge in [-0.25, -0.2) is 13.5 Å². The number of aromatic nitrogens is 2. The highest BCUT2D eigenvalue weighted by atomic mass is 32.2. The zero-order chi connectivity index (χ0) is 12.3. The van der Waals surface area contributed by atoms with Crippen LogP contribution in [0.3, 0.4) is 0 Å². The molecule has 0 radical (unpaired) electrons. The highest BCUT2D eigenvalue weighted by Gasteiger charge is 2.27. The van der Waals surface area contributed by atoms with E-state index in [9.17, 15) is 13.2 Å². The molecule has 0 aromatic carbocycles. The maximum atomic E-state index is 12.0. The molecular formula is C9H14N4O3S. The van der Waals surface area contributed by atoms with Gasteiger partial charge in [0.15, 0.2) is 5.82 Å². The highest BCUT2D eigenvalue weighted by Crippen LogP contribution is 2.13. The molecule has 0 spiro atoms. The molecule has 1 aliphatic heterocycles. The van der Waals surface area contributed by atoms with Gasteiger partial charge in [0.25, 0.3) is 5.56 Å². The molecule has 8 heteroatoms. The molecule has 94 valence electrons. The van der Waals surface area contributed by atoms with Crippen LogP contribution in [0.4, 0.5) is 5.82 Å². The zero-order valence-electron chi connectivity index (χ0n) is 9.14. The zero-order valence-corrected chi connectivity index (χ0v) is 9.96. The van der Waals surface area contributed by atoms with E-state index in [1.165, 1.54) is 12.1 Å². The third-order valence-corrected chi connectivity index (χ3v) is 4.39. The van der Waals surface area contributed by atoms with Crippen LogP contribution in [0.1, 0.15) is 12.8 Å². The van der Waals surface area contributed by atoms with Gasteiger partial charge in [0.05, 0.1) is 5.25 Å². The predicted octanol–water partition coefficient (Wildman–Crippen LogP) is -0.736. The number of H-pyrrole nitrogens is 1. The Hall–Kier alpha value is -1.41. The molecule has 1 aliphatic rings. The van der Waals surface area contributed by atoms with Gasteiger partial charge in [-0.15, -0.1) is 0 Å². The van der Waals surface area contributed by atoms with Crippen molar-refractivity contribution in [3.8, 4) is 0 Å². The lowest BCUT2D eigenvalue weighted by atomic mass is 10.2. The van der Waals surface area contributed by atoms with E-state index in [0.717, 1.165) is 13.0 Å². The first-order chi connectivity index (χ1) is 8.08. The van der Waals surface area contributed by atoms with Crippen molar-refractivity contribution in [3.05, 3.63) is 22.5 Å². The summed E-state index contributed by atoms with van der Waals surface area (Å²) in [6.45, 7) is 1.29. The van der Waals surface area contributed by atoms with Gasteiger partial charge in [0.1, 0.15) is 0 Å². The van der Waals surface area contributed by atoms with Gasteiger partial charge in [-0.1, -0.05) is 0 Å². The van der Waals surface area contributed by atoms with Crippen molar-refractivity contribution in [2.45, 2.75) is 18.1 Å². The molecule has 1 aromatic heterocycles. The average molecular weight is 258 g/mol. The van der Waals surface area contributed by atoms with Gasteiger partial charge in [-0.2, -0.15) is 5.10 Å². The minimum Gasteiger partial charge on any atom is -0.315 e. The van der Waals surface area contributed by atoms with Crippen molar-refractivity contribution in [3.63, 3.8) is 0 Å². The van der Waals surface area contributed by atoms with Crippen molar-refractivity contribution in [1.82, 2.24) is 15.5 Å². The Morgan fingerprint density at radius 3 is 2.82 bits per heavy atom. The largest absolute Gasteiger partial charge is 0.315 e. The van der Waals surface area contributed by atoms with Crippen molar-refractivity contribution in [2.75, 3.05) is 17.8 Å². The molecule has 1 saturated heterocycles. The number of nitrogens with zero attached hydrogens (tertiary/aromatic N) is 1. The normalized spacial score (nSPS) is 21.1. The monoisotopic (exact) mass is 258 g/mol. The molecule has 3 N–H and O–H groups in total. The molecule has 2 heterocycles. The van der Waals surface area contributed by atoms with Crippen LogP contribution < -0.4 is 15.6 Å². The minimum absolute atomic E-state index is 0.134. The number of sulfonamides is 1. The summed E-state index contributed by atoms with van der Waals surface area (Å²) >= 11 is 0. The standard InChI is InChI=1S/C9H14N4O3S/c14-9-4-3-8(11-12-9)13-17(15,16)7-2-1-5-10-6-7/h3-4,7,10H,1-2,5-6H2,(H,11,13)(H,12,14). The van der Waals surface area contributed by atoms with E-state index < -0.39 is 15.3 Å². The summed E-state index contributed by atoms with van der Waals surface area (Å²) in [6.07, 6.45) is 1.47. The summed E-state index contributed by atoms with van der Waals surface area (Å²) in [6, 6.07) is 2.57. The predicted molar refractivity (Wildman–Crippen MR) is 63.3 cm³/mol. The highest BCUT2D eigenvalue weighted by molar-refractivity contribution is 7.93. The van der Waals surface area contributed by atoms with Crippen molar-refractivity contribution in [1.29, 1.82) is 0 Å². The van der Waals surface area contributed by atoms with Crippen LogP contribution in [0.15, 0.2) is 16.9 Å². The van der Waals surface area contributed by atoms with Gasteiger partial charge in [0, 0.05) is 12.6 Å². The second-order valence-electron chi connectivity index (χ2n) is 3.92. The number of hydrogen-bond acceptors (Lipinski definition) is 5. The molecular weight excluding hydrogens is 244 g/mol. The number of nitrogens with one attached hydrogen (secondary N) is 3.